The van der Waals surface area contributed by atoms with Gasteiger partial charge < -0.3 is 20.1 Å². The zero-order valence-corrected chi connectivity index (χ0v) is 25.5. The lowest BCUT2D eigenvalue weighted by Crippen LogP contribution is -2.61. The Balaban J connectivity index is 1.58. The molecular formula is C31H43N5O6. The molecule has 11 nitrogen and oxygen atoms in total. The second kappa shape index (κ2) is 13.8. The van der Waals surface area contributed by atoms with Gasteiger partial charge in [0.25, 0.3) is 5.91 Å². The van der Waals surface area contributed by atoms with Crippen molar-refractivity contribution >= 4 is 40.9 Å². The van der Waals surface area contributed by atoms with Gasteiger partial charge in [-0.3, -0.25) is 19.4 Å². The first-order valence-corrected chi connectivity index (χ1v) is 14.3. The average molecular weight is 582 g/mol. The van der Waals surface area contributed by atoms with Crippen LogP contribution < -0.4 is 16.1 Å². The average Bonchev–Trinajstić information content (AvgIpc) is 2.93. The van der Waals surface area contributed by atoms with Gasteiger partial charge in [0.1, 0.15) is 29.8 Å². The van der Waals surface area contributed by atoms with Crippen LogP contribution in [0.2, 0.25) is 0 Å². The summed E-state index contributed by atoms with van der Waals surface area (Å²) >= 11 is 0. The number of fused-ring (bicyclic) bond motifs is 1. The van der Waals surface area contributed by atoms with Crippen LogP contribution in [0.3, 0.4) is 0 Å². The van der Waals surface area contributed by atoms with Crippen molar-refractivity contribution in [2.45, 2.75) is 91.1 Å². The third kappa shape index (κ3) is 8.75. The summed E-state index contributed by atoms with van der Waals surface area (Å²) in [6.45, 7) is 16.2. The number of amides is 3. The number of carbonyl (C=O) groups excluding carboxylic acids is 4. The van der Waals surface area contributed by atoms with Gasteiger partial charge in [0.15, 0.2) is 0 Å². The molecule has 0 spiro atoms. The van der Waals surface area contributed by atoms with E-state index in [0.29, 0.717) is 25.1 Å². The Morgan fingerprint density at radius 2 is 1.79 bits per heavy atom. The molecule has 0 bridgehead atoms. The van der Waals surface area contributed by atoms with E-state index >= 15 is 0 Å². The van der Waals surface area contributed by atoms with E-state index in [-0.39, 0.29) is 5.92 Å². The van der Waals surface area contributed by atoms with E-state index < -0.39 is 53.7 Å². The van der Waals surface area contributed by atoms with Gasteiger partial charge in [-0.05, 0) is 71.1 Å². The van der Waals surface area contributed by atoms with Crippen molar-refractivity contribution in [3.8, 4) is 0 Å². The molecule has 1 aromatic heterocycles. The van der Waals surface area contributed by atoms with Crippen molar-refractivity contribution in [2.75, 3.05) is 6.54 Å². The normalized spacial score (nSPS) is 17.6. The van der Waals surface area contributed by atoms with Crippen LogP contribution in [-0.4, -0.2) is 64.1 Å². The van der Waals surface area contributed by atoms with E-state index in [1.54, 1.807) is 54.5 Å². The number of benzene rings is 1. The molecule has 4 unspecified atom stereocenters. The lowest BCUT2D eigenvalue weighted by molar-refractivity contribution is -0.157. The highest BCUT2D eigenvalue weighted by Gasteiger charge is 2.34. The van der Waals surface area contributed by atoms with Crippen molar-refractivity contribution < 1.29 is 28.7 Å². The molecule has 2 heterocycles. The first-order chi connectivity index (χ1) is 19.7. The van der Waals surface area contributed by atoms with Crippen molar-refractivity contribution in [1.82, 2.24) is 26.1 Å². The van der Waals surface area contributed by atoms with Gasteiger partial charge in [-0.1, -0.05) is 44.7 Å². The number of pyridine rings is 1. The highest BCUT2D eigenvalue weighted by atomic mass is 16.6. The Labute approximate surface area is 247 Å². The third-order valence-corrected chi connectivity index (χ3v) is 6.77. The van der Waals surface area contributed by atoms with Crippen LogP contribution in [0, 0.1) is 5.92 Å². The molecule has 0 aliphatic carbocycles. The Hall–Kier alpha value is -3.99. The van der Waals surface area contributed by atoms with Crippen LogP contribution in [0.25, 0.3) is 17.0 Å². The van der Waals surface area contributed by atoms with Gasteiger partial charge in [0.2, 0.25) is 5.91 Å². The summed E-state index contributed by atoms with van der Waals surface area (Å²) in [5, 5.41) is 7.56. The number of alkyl carbamates (subject to hydrolysis) is 1. The van der Waals surface area contributed by atoms with E-state index in [4.69, 9.17) is 9.47 Å². The van der Waals surface area contributed by atoms with Gasteiger partial charge in [-0.15, -0.1) is 0 Å². The molecule has 3 N–H and O–H groups in total. The predicted molar refractivity (Wildman–Crippen MR) is 160 cm³/mol. The minimum Gasteiger partial charge on any atom is -0.455 e. The molecule has 0 saturated carbocycles. The van der Waals surface area contributed by atoms with Crippen molar-refractivity contribution in [3.63, 3.8) is 0 Å². The number of nitrogens with zero attached hydrogens (tertiary/aromatic N) is 2. The quantitative estimate of drug-likeness (QED) is 0.377. The Morgan fingerprint density at radius 3 is 2.43 bits per heavy atom. The largest absolute Gasteiger partial charge is 0.455 e. The lowest BCUT2D eigenvalue weighted by atomic mass is 10.0. The summed E-state index contributed by atoms with van der Waals surface area (Å²) in [5.41, 5.74) is 4.56. The molecule has 2 aromatic rings. The van der Waals surface area contributed by atoms with Gasteiger partial charge in [0, 0.05) is 11.9 Å². The molecular weight excluding hydrogens is 538 g/mol. The fourth-order valence-electron chi connectivity index (χ4n) is 4.50. The Morgan fingerprint density at radius 1 is 1.10 bits per heavy atom. The van der Waals surface area contributed by atoms with Crippen molar-refractivity contribution in [1.29, 1.82) is 0 Å². The van der Waals surface area contributed by atoms with Crippen LogP contribution in [0.15, 0.2) is 36.9 Å². The first kappa shape index (κ1) is 32.5. The van der Waals surface area contributed by atoms with Gasteiger partial charge in [-0.2, -0.15) is 0 Å². The third-order valence-electron chi connectivity index (χ3n) is 6.77. The van der Waals surface area contributed by atoms with E-state index in [2.05, 4.69) is 27.6 Å². The molecule has 1 saturated heterocycles. The topological polar surface area (TPSA) is 139 Å². The molecule has 3 rings (SSSR count). The minimum atomic E-state index is -0.914. The number of rotatable bonds is 9. The zero-order chi connectivity index (χ0) is 31.2. The summed E-state index contributed by atoms with van der Waals surface area (Å²) in [6, 6.07) is 7.03. The molecule has 1 aromatic carbocycles. The second-order valence-corrected chi connectivity index (χ2v) is 11.9. The smallest absolute Gasteiger partial charge is 0.408 e. The highest BCUT2D eigenvalue weighted by molar-refractivity contribution is 5.91. The molecule has 1 aliphatic heterocycles. The molecule has 228 valence electrons. The van der Waals surface area contributed by atoms with Crippen LogP contribution in [-0.2, 0) is 23.9 Å². The number of hydrazine groups is 1. The van der Waals surface area contributed by atoms with Gasteiger partial charge in [0.05, 0.1) is 11.2 Å². The number of ether oxygens (including phenoxy) is 2. The predicted octanol–water partition coefficient (Wildman–Crippen LogP) is 4.03. The maximum atomic E-state index is 13.2. The Kier molecular flexibility index (Phi) is 10.7. The second-order valence-electron chi connectivity index (χ2n) is 11.9. The zero-order valence-electron chi connectivity index (χ0n) is 25.5. The van der Waals surface area contributed by atoms with Crippen molar-refractivity contribution in [3.05, 3.63) is 48.2 Å². The fourth-order valence-corrected chi connectivity index (χ4v) is 4.50. The molecule has 1 aliphatic rings. The van der Waals surface area contributed by atoms with Crippen LogP contribution in [0.4, 0.5) is 4.79 Å². The maximum absolute atomic E-state index is 13.2. The molecule has 1 fully saturated rings. The van der Waals surface area contributed by atoms with E-state index in [1.165, 1.54) is 5.01 Å². The van der Waals surface area contributed by atoms with Crippen LogP contribution >= 0.6 is 0 Å². The van der Waals surface area contributed by atoms with E-state index in [0.717, 1.165) is 16.5 Å². The molecule has 0 radical (unpaired) electrons. The standard InChI is InChI=1S/C31H43N5O6/c1-9-21-12-13-22-14-15-23(33-25(22)17-21)20(5)41-29(39)24-11-10-16-36(35-24)28(38)19(4)32-27(37)26(18(2)3)34-30(40)42-31(6,7)8/h9,12-15,17-20,24,26,35H,1,10-11,16H2,2-8H3,(H,32,37)(H,34,40). The Bertz CT molecular complexity index is 1320. The SMILES string of the molecule is C=Cc1ccc2ccc(C(C)OC(=O)C3CCCN(C(=O)C(C)NC(=O)C(NC(=O)OC(C)(C)C)C(C)C)N3)nc2c1. The fraction of sp³-hybridized carbons (Fsp3) is 0.516. The number of esters is 1. The number of hydrogen-bond acceptors (Lipinski definition) is 8. The summed E-state index contributed by atoms with van der Waals surface area (Å²) in [4.78, 5) is 56.1. The highest BCUT2D eigenvalue weighted by Crippen LogP contribution is 2.22. The van der Waals surface area contributed by atoms with Crippen LogP contribution in [0.1, 0.15) is 78.7 Å². The summed E-state index contributed by atoms with van der Waals surface area (Å²) in [5.74, 6) is -1.68. The van der Waals surface area contributed by atoms with E-state index in [9.17, 15) is 19.2 Å². The van der Waals surface area contributed by atoms with Crippen LogP contribution in [0.5, 0.6) is 0 Å². The number of carbonyl (C=O) groups is 4. The van der Waals surface area contributed by atoms with Gasteiger partial charge >= 0.3 is 12.1 Å². The summed E-state index contributed by atoms with van der Waals surface area (Å²) < 4.78 is 11.0. The van der Waals surface area contributed by atoms with E-state index in [1.807, 2.05) is 30.3 Å². The number of hydrogen-bond donors (Lipinski definition) is 3. The monoisotopic (exact) mass is 581 g/mol. The first-order valence-electron chi connectivity index (χ1n) is 14.3. The number of aromatic nitrogens is 1. The van der Waals surface area contributed by atoms with Crippen molar-refractivity contribution in [2.24, 2.45) is 5.92 Å². The molecule has 4 atom stereocenters. The number of nitrogens with one attached hydrogen (secondary N) is 3. The van der Waals surface area contributed by atoms with Gasteiger partial charge in [-0.25, -0.2) is 15.2 Å². The maximum Gasteiger partial charge on any atom is 0.408 e. The lowest BCUT2D eigenvalue weighted by Gasteiger charge is -2.35. The molecule has 42 heavy (non-hydrogen) atoms. The minimum absolute atomic E-state index is 0.254. The molecule has 11 heteroatoms. The molecule has 3 amide bonds. The summed E-state index contributed by atoms with van der Waals surface area (Å²) in [7, 11) is 0. The summed E-state index contributed by atoms with van der Waals surface area (Å²) in [6.07, 6.45) is 1.48.